The van der Waals surface area contributed by atoms with Crippen LogP contribution in [0.15, 0.2) is 17.8 Å². The average molecular weight is 158 g/mol. The summed E-state index contributed by atoms with van der Waals surface area (Å²) < 4.78 is 0. The van der Waals surface area contributed by atoms with E-state index in [2.05, 4.69) is 22.3 Å². The lowest BCUT2D eigenvalue weighted by atomic mass is 10.7. The molecule has 0 saturated heterocycles. The lowest BCUT2D eigenvalue weighted by Gasteiger charge is -2.20. The summed E-state index contributed by atoms with van der Waals surface area (Å²) in [4.78, 5) is 4.02. The van der Waals surface area contributed by atoms with Gasteiger partial charge < -0.3 is 5.32 Å². The second kappa shape index (κ2) is 5.73. The summed E-state index contributed by atoms with van der Waals surface area (Å²) in [5, 5.41) is 4.79. The van der Waals surface area contributed by atoms with E-state index in [-0.39, 0.29) is 1.43 Å². The third-order valence-corrected chi connectivity index (χ3v) is 1.20. The van der Waals surface area contributed by atoms with Gasteiger partial charge in [0.2, 0.25) is 5.96 Å². The molecule has 0 unspecified atom stereocenters. The zero-order valence-electron chi connectivity index (χ0n) is 7.39. The van der Waals surface area contributed by atoms with Crippen LogP contribution in [0.3, 0.4) is 0 Å². The van der Waals surface area contributed by atoms with Gasteiger partial charge in [0.25, 0.3) is 0 Å². The van der Waals surface area contributed by atoms with Crippen molar-refractivity contribution in [2.75, 3.05) is 20.6 Å². The summed E-state index contributed by atoms with van der Waals surface area (Å²) in [6.45, 7) is 6.49. The first-order valence-electron chi connectivity index (χ1n) is 3.60. The number of hydrazine groups is 1. The molecule has 0 aliphatic carbocycles. The number of guanidine groups is 1. The monoisotopic (exact) mass is 158 g/mol. The van der Waals surface area contributed by atoms with Crippen molar-refractivity contribution in [1.82, 2.24) is 15.8 Å². The first kappa shape index (κ1) is 9.97. The van der Waals surface area contributed by atoms with Gasteiger partial charge in [-0.15, -0.1) is 0 Å². The van der Waals surface area contributed by atoms with Crippen molar-refractivity contribution in [3.05, 3.63) is 12.8 Å². The van der Waals surface area contributed by atoms with Crippen LogP contribution in [0.4, 0.5) is 0 Å². The van der Waals surface area contributed by atoms with E-state index in [1.165, 1.54) is 0 Å². The summed E-state index contributed by atoms with van der Waals surface area (Å²) in [6.07, 6.45) is 1.66. The number of hydrogen-bond donors (Lipinski definition) is 2. The lowest BCUT2D eigenvalue weighted by Crippen LogP contribution is -2.44. The Kier molecular flexibility index (Phi) is 5.20. The van der Waals surface area contributed by atoms with Gasteiger partial charge in [-0.2, -0.15) is 0 Å². The Hall–Kier alpha value is -1.03. The molecule has 2 N–H and O–H groups in total. The van der Waals surface area contributed by atoms with Crippen molar-refractivity contribution in [3.63, 3.8) is 0 Å². The fraction of sp³-hybridized carbons (Fsp3) is 0.571. The quantitative estimate of drug-likeness (QED) is 0.355. The van der Waals surface area contributed by atoms with Crippen LogP contribution in [-0.2, 0) is 0 Å². The molecule has 0 aliphatic heterocycles. The van der Waals surface area contributed by atoms with E-state index in [0.29, 0.717) is 0 Å². The first-order chi connectivity index (χ1) is 5.29. The van der Waals surface area contributed by atoms with Crippen LogP contribution in [0.1, 0.15) is 8.35 Å². The smallest absolute Gasteiger partial charge is 0.212 e. The second-order valence-corrected chi connectivity index (χ2v) is 1.85. The molecule has 0 atom stereocenters. The molecule has 0 heterocycles. The maximum atomic E-state index is 4.02. The van der Waals surface area contributed by atoms with E-state index < -0.39 is 0 Å². The highest BCUT2D eigenvalue weighted by Crippen LogP contribution is 1.82. The molecule has 4 nitrogen and oxygen atoms in total. The number of hydrogen-bond acceptors (Lipinski definition) is 2. The zero-order valence-corrected chi connectivity index (χ0v) is 7.39. The van der Waals surface area contributed by atoms with Crippen molar-refractivity contribution >= 4 is 5.96 Å². The van der Waals surface area contributed by atoms with Gasteiger partial charge in [-0.25, -0.2) is 5.43 Å². The molecule has 0 bridgehead atoms. The van der Waals surface area contributed by atoms with E-state index in [1.807, 2.05) is 14.0 Å². The van der Waals surface area contributed by atoms with Crippen molar-refractivity contribution in [2.24, 2.45) is 4.99 Å². The fourth-order valence-electron chi connectivity index (χ4n) is 0.714. The van der Waals surface area contributed by atoms with Gasteiger partial charge >= 0.3 is 0 Å². The van der Waals surface area contributed by atoms with E-state index in [1.54, 1.807) is 18.3 Å². The fourth-order valence-corrected chi connectivity index (χ4v) is 0.714. The van der Waals surface area contributed by atoms with Crippen molar-refractivity contribution in [3.8, 4) is 0 Å². The largest absolute Gasteiger partial charge is 0.355 e. The second-order valence-electron chi connectivity index (χ2n) is 1.85. The highest BCUT2D eigenvalue weighted by Gasteiger charge is 2.00. The predicted octanol–water partition coefficient (Wildman–Crippen LogP) is 0.408. The molecule has 4 heteroatoms. The third kappa shape index (κ3) is 3.04. The number of nitrogens with one attached hydrogen (secondary N) is 2. The highest BCUT2D eigenvalue weighted by atomic mass is 15.5. The maximum absolute atomic E-state index is 4.02. The molecule has 0 amide bonds. The van der Waals surface area contributed by atoms with E-state index in [4.69, 9.17) is 0 Å². The van der Waals surface area contributed by atoms with Crippen LogP contribution in [0.25, 0.3) is 0 Å². The Morgan fingerprint density at radius 2 is 2.45 bits per heavy atom. The van der Waals surface area contributed by atoms with Gasteiger partial charge in [0.15, 0.2) is 0 Å². The Labute approximate surface area is 69.4 Å². The van der Waals surface area contributed by atoms with Crippen molar-refractivity contribution in [1.29, 1.82) is 0 Å². The van der Waals surface area contributed by atoms with Crippen molar-refractivity contribution in [2.45, 2.75) is 6.92 Å². The van der Waals surface area contributed by atoms with Gasteiger partial charge in [-0.3, -0.25) is 10.0 Å². The van der Waals surface area contributed by atoms with Gasteiger partial charge in [0, 0.05) is 28.3 Å². The Morgan fingerprint density at radius 1 is 1.82 bits per heavy atom. The Bertz CT molecular complexity index is 146. The van der Waals surface area contributed by atoms with Crippen LogP contribution in [0, 0.1) is 0 Å². The lowest BCUT2D eigenvalue weighted by molar-refractivity contribution is 0.437. The molecule has 0 aromatic rings. The maximum Gasteiger partial charge on any atom is 0.212 e. The molecule has 0 aromatic heterocycles. The van der Waals surface area contributed by atoms with Gasteiger partial charge in [0.05, 0.1) is 0 Å². The summed E-state index contributed by atoms with van der Waals surface area (Å²) >= 11 is 0. The highest BCUT2D eigenvalue weighted by molar-refractivity contribution is 5.80. The van der Waals surface area contributed by atoms with Crippen LogP contribution in [-0.4, -0.2) is 31.6 Å². The van der Waals surface area contributed by atoms with E-state index in [9.17, 15) is 0 Å². The van der Waals surface area contributed by atoms with Crippen LogP contribution in [0.5, 0.6) is 0 Å². The van der Waals surface area contributed by atoms with Crippen LogP contribution >= 0.6 is 0 Å². The summed E-state index contributed by atoms with van der Waals surface area (Å²) in [6, 6.07) is 0. The molecule has 0 aliphatic rings. The number of rotatable bonds is 3. The Morgan fingerprint density at radius 3 is 2.73 bits per heavy atom. The first-order valence-corrected chi connectivity index (χ1v) is 3.60. The van der Waals surface area contributed by atoms with Gasteiger partial charge in [0.1, 0.15) is 0 Å². The summed E-state index contributed by atoms with van der Waals surface area (Å²) in [5.41, 5.74) is 2.91. The van der Waals surface area contributed by atoms with Crippen LogP contribution in [0.2, 0.25) is 0 Å². The average Bonchev–Trinajstić information content (AvgIpc) is 2.05. The predicted molar refractivity (Wildman–Crippen MR) is 50.2 cm³/mol. The molecule has 0 rings (SSSR count). The zero-order chi connectivity index (χ0) is 8.69. The molecule has 11 heavy (non-hydrogen) atoms. The van der Waals surface area contributed by atoms with Crippen molar-refractivity contribution < 1.29 is 1.43 Å². The summed E-state index contributed by atoms with van der Waals surface area (Å²) in [7, 11) is 3.54. The standard InChI is InChI=1S/C7H16N4.H2/c1-5-10-7(8-3)11(6-2)9-4;/h6,9H,2,5H2,1,3-4H3,(H,8,10);1H. The van der Waals surface area contributed by atoms with E-state index >= 15 is 0 Å². The molecular formula is C7H18N4. The minimum absolute atomic E-state index is 0. The Balaban J connectivity index is 0. The molecule has 0 saturated carbocycles. The van der Waals surface area contributed by atoms with E-state index in [0.717, 1.165) is 12.5 Å². The SMILES string of the molecule is C=CN(NC)C(=NC)NCC.[HH]. The van der Waals surface area contributed by atoms with Crippen LogP contribution < -0.4 is 10.7 Å². The van der Waals surface area contributed by atoms with Gasteiger partial charge in [-0.1, -0.05) is 6.58 Å². The van der Waals surface area contributed by atoms with Gasteiger partial charge in [-0.05, 0) is 6.92 Å². The molecule has 0 fully saturated rings. The summed E-state index contributed by atoms with van der Waals surface area (Å²) in [5.74, 6) is 0.769. The normalized spacial score (nSPS) is 11.0. The molecule has 66 valence electrons. The minimum Gasteiger partial charge on any atom is -0.355 e. The minimum atomic E-state index is 0. The molecule has 0 aromatic carbocycles. The number of aliphatic imine (C=N–C) groups is 1. The number of nitrogens with zero attached hydrogens (tertiary/aromatic N) is 2. The molecule has 0 spiro atoms. The molecule has 0 radical (unpaired) electrons. The third-order valence-electron chi connectivity index (χ3n) is 1.20. The molecular weight excluding hydrogens is 140 g/mol. The topological polar surface area (TPSA) is 39.7 Å².